The lowest BCUT2D eigenvalue weighted by Crippen LogP contribution is -2.42. The SMILES string of the molecule is COc1cc(OC)c(C2=CCN(C(=O)CNC(=O)c3ccc4c(c3)OCO4)CC2)c(OC)c1. The van der Waals surface area contributed by atoms with Gasteiger partial charge in [0.25, 0.3) is 5.91 Å². The summed E-state index contributed by atoms with van der Waals surface area (Å²) in [5, 5.41) is 2.68. The minimum Gasteiger partial charge on any atom is -0.496 e. The molecule has 2 aromatic carbocycles. The molecular weight excluding hydrogens is 428 g/mol. The summed E-state index contributed by atoms with van der Waals surface area (Å²) < 4.78 is 26.9. The molecule has 2 aromatic rings. The van der Waals surface area contributed by atoms with Gasteiger partial charge < -0.3 is 33.9 Å². The van der Waals surface area contributed by atoms with Crippen molar-refractivity contribution in [1.29, 1.82) is 0 Å². The first-order chi connectivity index (χ1) is 16.0. The van der Waals surface area contributed by atoms with Gasteiger partial charge in [-0.15, -0.1) is 0 Å². The Morgan fingerprint density at radius 3 is 2.36 bits per heavy atom. The van der Waals surface area contributed by atoms with Crippen LogP contribution in [-0.2, 0) is 4.79 Å². The second-order valence-corrected chi connectivity index (χ2v) is 7.48. The molecule has 0 bridgehead atoms. The molecule has 2 aliphatic heterocycles. The van der Waals surface area contributed by atoms with Gasteiger partial charge in [0.1, 0.15) is 17.2 Å². The Hall–Kier alpha value is -3.88. The molecule has 9 heteroatoms. The monoisotopic (exact) mass is 454 g/mol. The van der Waals surface area contributed by atoms with E-state index in [4.69, 9.17) is 23.7 Å². The first-order valence-electron chi connectivity index (χ1n) is 10.5. The molecule has 0 fully saturated rings. The number of hydrogen-bond donors (Lipinski definition) is 1. The summed E-state index contributed by atoms with van der Waals surface area (Å²) in [4.78, 5) is 26.8. The number of carbonyl (C=O) groups excluding carboxylic acids is 2. The van der Waals surface area contributed by atoms with Gasteiger partial charge in [-0.25, -0.2) is 0 Å². The summed E-state index contributed by atoms with van der Waals surface area (Å²) in [6.45, 7) is 0.985. The summed E-state index contributed by atoms with van der Waals surface area (Å²) >= 11 is 0. The van der Waals surface area contributed by atoms with Crippen LogP contribution < -0.4 is 29.0 Å². The quantitative estimate of drug-likeness (QED) is 0.687. The molecule has 2 aliphatic rings. The predicted octanol–water partition coefficient (Wildman–Crippen LogP) is 2.49. The molecule has 4 rings (SSSR count). The number of fused-ring (bicyclic) bond motifs is 1. The predicted molar refractivity (Wildman–Crippen MR) is 120 cm³/mol. The zero-order chi connectivity index (χ0) is 23.4. The van der Waals surface area contributed by atoms with E-state index in [1.165, 1.54) is 0 Å². The topological polar surface area (TPSA) is 95.6 Å². The van der Waals surface area contributed by atoms with E-state index in [0.29, 0.717) is 53.8 Å². The van der Waals surface area contributed by atoms with Gasteiger partial charge in [0.05, 0.1) is 33.4 Å². The summed E-state index contributed by atoms with van der Waals surface area (Å²) in [5.41, 5.74) is 2.29. The fraction of sp³-hybridized carbons (Fsp3) is 0.333. The molecule has 0 radical (unpaired) electrons. The highest BCUT2D eigenvalue weighted by molar-refractivity contribution is 5.97. The molecule has 0 aromatic heterocycles. The highest BCUT2D eigenvalue weighted by Crippen LogP contribution is 2.40. The third-order valence-corrected chi connectivity index (χ3v) is 5.63. The maximum absolute atomic E-state index is 12.7. The number of benzene rings is 2. The number of hydrogen-bond acceptors (Lipinski definition) is 7. The number of amides is 2. The van der Waals surface area contributed by atoms with Crippen molar-refractivity contribution in [2.45, 2.75) is 6.42 Å². The van der Waals surface area contributed by atoms with E-state index in [-0.39, 0.29) is 25.2 Å². The van der Waals surface area contributed by atoms with Gasteiger partial charge in [-0.05, 0) is 30.2 Å². The lowest BCUT2D eigenvalue weighted by atomic mass is 9.97. The van der Waals surface area contributed by atoms with E-state index in [1.54, 1.807) is 44.4 Å². The van der Waals surface area contributed by atoms with E-state index >= 15 is 0 Å². The number of nitrogens with zero attached hydrogens (tertiary/aromatic N) is 1. The van der Waals surface area contributed by atoms with Crippen molar-refractivity contribution in [3.05, 3.63) is 47.5 Å². The maximum Gasteiger partial charge on any atom is 0.251 e. The number of ether oxygens (including phenoxy) is 5. The fourth-order valence-electron chi connectivity index (χ4n) is 3.85. The first-order valence-corrected chi connectivity index (χ1v) is 10.5. The van der Waals surface area contributed by atoms with Crippen LogP contribution in [0.2, 0.25) is 0 Å². The highest BCUT2D eigenvalue weighted by atomic mass is 16.7. The Morgan fingerprint density at radius 1 is 1.00 bits per heavy atom. The van der Waals surface area contributed by atoms with Gasteiger partial charge in [-0.1, -0.05) is 6.08 Å². The maximum atomic E-state index is 12.7. The van der Waals surface area contributed by atoms with Crippen LogP contribution in [0, 0.1) is 0 Å². The molecular formula is C24H26N2O7. The van der Waals surface area contributed by atoms with Gasteiger partial charge in [-0.2, -0.15) is 0 Å². The molecule has 0 atom stereocenters. The largest absolute Gasteiger partial charge is 0.496 e. The van der Waals surface area contributed by atoms with Crippen molar-refractivity contribution in [3.63, 3.8) is 0 Å². The van der Waals surface area contributed by atoms with E-state index < -0.39 is 0 Å². The molecule has 174 valence electrons. The Morgan fingerprint density at radius 2 is 1.73 bits per heavy atom. The molecule has 0 aliphatic carbocycles. The van der Waals surface area contributed by atoms with Gasteiger partial charge >= 0.3 is 0 Å². The second-order valence-electron chi connectivity index (χ2n) is 7.48. The molecule has 2 heterocycles. The number of rotatable bonds is 7. The van der Waals surface area contributed by atoms with Crippen LogP contribution in [0.15, 0.2) is 36.4 Å². The molecule has 2 amide bonds. The van der Waals surface area contributed by atoms with Crippen LogP contribution >= 0.6 is 0 Å². The Kier molecular flexibility index (Phi) is 6.58. The smallest absolute Gasteiger partial charge is 0.251 e. The third kappa shape index (κ3) is 4.67. The Bertz CT molecular complexity index is 1070. The van der Waals surface area contributed by atoms with Gasteiger partial charge in [0.2, 0.25) is 12.7 Å². The molecule has 9 nitrogen and oxygen atoms in total. The minimum atomic E-state index is -0.345. The van der Waals surface area contributed by atoms with Gasteiger partial charge in [0.15, 0.2) is 11.5 Å². The lowest BCUT2D eigenvalue weighted by Gasteiger charge is -2.28. The van der Waals surface area contributed by atoms with E-state index in [0.717, 1.165) is 11.1 Å². The van der Waals surface area contributed by atoms with Crippen LogP contribution in [0.3, 0.4) is 0 Å². The molecule has 0 unspecified atom stereocenters. The Balaban J connectivity index is 1.39. The van der Waals surface area contributed by atoms with Crippen molar-refractivity contribution in [2.75, 3.05) is 47.8 Å². The van der Waals surface area contributed by atoms with Crippen LogP contribution in [0.5, 0.6) is 28.7 Å². The van der Waals surface area contributed by atoms with E-state index in [1.807, 2.05) is 18.2 Å². The zero-order valence-electron chi connectivity index (χ0n) is 18.8. The van der Waals surface area contributed by atoms with Crippen molar-refractivity contribution in [2.24, 2.45) is 0 Å². The fourth-order valence-corrected chi connectivity index (χ4v) is 3.85. The lowest BCUT2D eigenvalue weighted by molar-refractivity contribution is -0.129. The summed E-state index contributed by atoms with van der Waals surface area (Å²) in [6, 6.07) is 8.54. The molecule has 0 saturated carbocycles. The van der Waals surface area contributed by atoms with Crippen LogP contribution in [0.25, 0.3) is 5.57 Å². The van der Waals surface area contributed by atoms with Gasteiger partial charge in [-0.3, -0.25) is 9.59 Å². The Labute approximate surface area is 191 Å². The molecule has 33 heavy (non-hydrogen) atoms. The number of nitrogens with one attached hydrogen (secondary N) is 1. The van der Waals surface area contributed by atoms with Crippen molar-refractivity contribution in [3.8, 4) is 28.7 Å². The van der Waals surface area contributed by atoms with Crippen molar-refractivity contribution in [1.82, 2.24) is 10.2 Å². The molecule has 1 N–H and O–H groups in total. The summed E-state index contributed by atoms with van der Waals surface area (Å²) in [6.07, 6.45) is 2.61. The number of carbonyl (C=O) groups is 2. The number of methoxy groups -OCH3 is 3. The van der Waals surface area contributed by atoms with E-state index in [9.17, 15) is 9.59 Å². The average molecular weight is 454 g/mol. The summed E-state index contributed by atoms with van der Waals surface area (Å²) in [7, 11) is 4.78. The van der Waals surface area contributed by atoms with Crippen molar-refractivity contribution < 1.29 is 33.3 Å². The second kappa shape index (κ2) is 9.72. The van der Waals surface area contributed by atoms with E-state index in [2.05, 4.69) is 5.32 Å². The first kappa shape index (κ1) is 22.3. The van der Waals surface area contributed by atoms with Gasteiger partial charge in [0, 0.05) is 30.8 Å². The zero-order valence-corrected chi connectivity index (χ0v) is 18.8. The third-order valence-electron chi connectivity index (χ3n) is 5.63. The van der Waals surface area contributed by atoms with Crippen LogP contribution in [-0.4, -0.2) is 64.5 Å². The highest BCUT2D eigenvalue weighted by Gasteiger charge is 2.23. The summed E-state index contributed by atoms with van der Waals surface area (Å²) in [5.74, 6) is 2.55. The van der Waals surface area contributed by atoms with Crippen LogP contribution in [0.1, 0.15) is 22.3 Å². The average Bonchev–Trinajstić information content (AvgIpc) is 3.34. The van der Waals surface area contributed by atoms with Crippen molar-refractivity contribution >= 4 is 17.4 Å². The molecule has 0 spiro atoms. The van der Waals surface area contributed by atoms with Crippen LogP contribution in [0.4, 0.5) is 0 Å². The minimum absolute atomic E-state index is 0.0916. The molecule has 0 saturated heterocycles. The standard InChI is InChI=1S/C24H26N2O7/c1-29-17-11-20(30-2)23(21(12-17)31-3)15-6-8-26(9-7-15)22(27)13-25-24(28)16-4-5-18-19(10-16)33-14-32-18/h4-6,10-12H,7-9,13-14H2,1-3H3,(H,25,28). The normalized spacial score (nSPS) is 14.4.